The van der Waals surface area contributed by atoms with E-state index in [0.717, 1.165) is 27.8 Å². The zero-order valence-corrected chi connectivity index (χ0v) is 14.1. The molecule has 4 N–H and O–H groups in total. The molecule has 1 saturated heterocycles. The summed E-state index contributed by atoms with van der Waals surface area (Å²) in [5, 5.41) is 6.29. The van der Waals surface area contributed by atoms with E-state index in [1.54, 1.807) is 12.1 Å². The van der Waals surface area contributed by atoms with Crippen LogP contribution >= 0.6 is 0 Å². The van der Waals surface area contributed by atoms with Gasteiger partial charge < -0.3 is 16.4 Å². The van der Waals surface area contributed by atoms with Crippen LogP contribution in [0.4, 0.5) is 0 Å². The van der Waals surface area contributed by atoms with Gasteiger partial charge in [0.15, 0.2) is 0 Å². The van der Waals surface area contributed by atoms with Crippen molar-refractivity contribution >= 4 is 17.4 Å². The van der Waals surface area contributed by atoms with Crippen molar-refractivity contribution in [3.8, 4) is 11.1 Å². The van der Waals surface area contributed by atoms with Gasteiger partial charge in [0.1, 0.15) is 11.9 Å². The van der Waals surface area contributed by atoms with Crippen LogP contribution in [0.2, 0.25) is 0 Å². The van der Waals surface area contributed by atoms with E-state index >= 15 is 0 Å². The number of carbonyl (C=O) groups is 2. The Kier molecular flexibility index (Phi) is 3.39. The van der Waals surface area contributed by atoms with Crippen molar-refractivity contribution in [3.05, 3.63) is 65.0 Å². The third kappa shape index (κ3) is 2.31. The lowest BCUT2D eigenvalue weighted by atomic mass is 10.0. The van der Waals surface area contributed by atoms with Gasteiger partial charge in [0.2, 0.25) is 11.8 Å². The summed E-state index contributed by atoms with van der Waals surface area (Å²) in [6, 6.07) is 13.2. The van der Waals surface area contributed by atoms with Crippen LogP contribution in [0.3, 0.4) is 0 Å². The second-order valence-electron chi connectivity index (χ2n) is 6.78. The number of hydrogen-bond acceptors (Lipinski definition) is 3. The first-order valence-corrected chi connectivity index (χ1v) is 8.33. The largest absolute Gasteiger partial charge is 0.366 e. The second kappa shape index (κ2) is 5.48. The number of primary amides is 1. The Labute approximate surface area is 145 Å². The molecular weight excluding hydrogens is 314 g/mol. The van der Waals surface area contributed by atoms with Gasteiger partial charge in [-0.1, -0.05) is 44.2 Å². The molecule has 126 valence electrons. The van der Waals surface area contributed by atoms with Crippen LogP contribution in [-0.4, -0.2) is 17.9 Å². The van der Waals surface area contributed by atoms with Gasteiger partial charge in [0.05, 0.1) is 0 Å². The molecule has 0 radical (unpaired) electrons. The molecule has 2 aromatic rings. The Morgan fingerprint density at radius 3 is 2.36 bits per heavy atom. The Morgan fingerprint density at radius 1 is 1.04 bits per heavy atom. The predicted molar refractivity (Wildman–Crippen MR) is 96.3 cm³/mol. The molecule has 1 atom stereocenters. The number of rotatable bonds is 2. The first-order valence-electron chi connectivity index (χ1n) is 8.33. The number of benzene rings is 2. The molecule has 0 saturated carbocycles. The van der Waals surface area contributed by atoms with Gasteiger partial charge in [-0.3, -0.25) is 9.59 Å². The highest BCUT2D eigenvalue weighted by atomic mass is 16.2. The van der Waals surface area contributed by atoms with Gasteiger partial charge in [0, 0.05) is 11.1 Å². The van der Waals surface area contributed by atoms with Crippen LogP contribution in [0.5, 0.6) is 0 Å². The summed E-state index contributed by atoms with van der Waals surface area (Å²) in [6.07, 6.45) is 0. The zero-order chi connectivity index (χ0) is 17.7. The molecule has 1 aliphatic heterocycles. The van der Waals surface area contributed by atoms with Crippen LogP contribution in [0.1, 0.15) is 35.3 Å². The summed E-state index contributed by atoms with van der Waals surface area (Å²) in [6.45, 7) is 4.01. The molecule has 1 aliphatic carbocycles. The van der Waals surface area contributed by atoms with E-state index in [4.69, 9.17) is 5.73 Å². The van der Waals surface area contributed by atoms with Crippen molar-refractivity contribution in [1.29, 1.82) is 0 Å². The number of carbonyl (C=O) groups excluding carboxylic acids is 2. The van der Waals surface area contributed by atoms with Gasteiger partial charge in [0.25, 0.3) is 0 Å². The number of amides is 2. The van der Waals surface area contributed by atoms with E-state index in [9.17, 15) is 9.59 Å². The molecule has 25 heavy (non-hydrogen) atoms. The fraction of sp³-hybridized carbons (Fsp3) is 0.200. The van der Waals surface area contributed by atoms with Crippen LogP contribution in [0.15, 0.2) is 48.3 Å². The molecule has 0 spiro atoms. The highest BCUT2D eigenvalue weighted by molar-refractivity contribution is 6.06. The highest BCUT2D eigenvalue weighted by Crippen LogP contribution is 2.45. The summed E-state index contributed by atoms with van der Waals surface area (Å²) >= 11 is 0. The fourth-order valence-electron chi connectivity index (χ4n) is 3.55. The molecule has 2 aliphatic rings. The normalized spacial score (nSPS) is 20.9. The lowest BCUT2D eigenvalue weighted by Crippen LogP contribution is -2.33. The predicted octanol–water partition coefficient (Wildman–Crippen LogP) is 2.23. The lowest BCUT2D eigenvalue weighted by molar-refractivity contribution is -0.121. The molecule has 0 bridgehead atoms. The topological polar surface area (TPSA) is 84.2 Å². The van der Waals surface area contributed by atoms with Gasteiger partial charge in [-0.2, -0.15) is 0 Å². The quantitative estimate of drug-likeness (QED) is 0.672. The number of fused-ring (bicyclic) bond motifs is 3. The number of nitrogens with one attached hydrogen (secondary N) is 2. The Balaban J connectivity index is 1.95. The third-order valence-electron chi connectivity index (χ3n) is 4.81. The van der Waals surface area contributed by atoms with E-state index < -0.39 is 5.91 Å². The van der Waals surface area contributed by atoms with Crippen molar-refractivity contribution < 1.29 is 9.59 Å². The maximum absolute atomic E-state index is 12.3. The third-order valence-corrected chi connectivity index (χ3v) is 4.81. The average molecular weight is 333 g/mol. The minimum atomic E-state index is -0.466. The zero-order valence-electron chi connectivity index (χ0n) is 14.1. The maximum atomic E-state index is 12.3. The van der Waals surface area contributed by atoms with Crippen molar-refractivity contribution in [2.45, 2.75) is 19.9 Å². The molecule has 2 amide bonds. The maximum Gasteiger partial charge on any atom is 0.248 e. The van der Waals surface area contributed by atoms with E-state index in [1.165, 1.54) is 0 Å². The molecule has 0 aromatic heterocycles. The second-order valence-corrected chi connectivity index (χ2v) is 6.78. The SMILES string of the molecule is CC(C)[C@@H]1NC(=C2c3ccccc3-c3ccc(C(N)=O)cc32)NC1=O. The molecule has 0 unspecified atom stereocenters. The fourth-order valence-corrected chi connectivity index (χ4v) is 3.55. The number of hydrogen-bond donors (Lipinski definition) is 3. The highest BCUT2D eigenvalue weighted by Gasteiger charge is 2.35. The van der Waals surface area contributed by atoms with Crippen LogP contribution < -0.4 is 16.4 Å². The van der Waals surface area contributed by atoms with Gasteiger partial charge in [-0.15, -0.1) is 0 Å². The standard InChI is InChI=1S/C20H19N3O2/c1-10(2)17-20(25)23-19(22-17)16-14-6-4-3-5-12(14)13-8-7-11(18(21)24)9-15(13)16/h3-10,17,22H,1-2H3,(H2,21,24)(H,23,25)/t17-/m0/s1. The minimum absolute atomic E-state index is 0.0329. The summed E-state index contributed by atoms with van der Waals surface area (Å²) in [5.74, 6) is 0.365. The van der Waals surface area contributed by atoms with Crippen LogP contribution in [0, 0.1) is 5.92 Å². The van der Waals surface area contributed by atoms with Crippen LogP contribution in [-0.2, 0) is 4.79 Å². The molecule has 1 fully saturated rings. The van der Waals surface area contributed by atoms with Crippen molar-refractivity contribution in [2.75, 3.05) is 0 Å². The van der Waals surface area contributed by atoms with E-state index in [2.05, 4.69) is 10.6 Å². The number of nitrogens with two attached hydrogens (primary N) is 1. The van der Waals surface area contributed by atoms with Gasteiger partial charge in [-0.25, -0.2) is 0 Å². The average Bonchev–Trinajstić information content (AvgIpc) is 3.12. The first-order chi connectivity index (χ1) is 12.0. The molecule has 4 rings (SSSR count). The first kappa shape index (κ1) is 15.4. The monoisotopic (exact) mass is 333 g/mol. The summed E-state index contributed by atoms with van der Waals surface area (Å²) in [4.78, 5) is 23.9. The van der Waals surface area contributed by atoms with Crippen molar-refractivity contribution in [1.82, 2.24) is 10.6 Å². The Morgan fingerprint density at radius 2 is 1.72 bits per heavy atom. The summed E-state index contributed by atoms with van der Waals surface area (Å²) in [7, 11) is 0. The van der Waals surface area contributed by atoms with Crippen LogP contribution in [0.25, 0.3) is 16.7 Å². The van der Waals surface area contributed by atoms with Crippen molar-refractivity contribution in [2.24, 2.45) is 11.7 Å². The summed E-state index contributed by atoms with van der Waals surface area (Å²) < 4.78 is 0. The van der Waals surface area contributed by atoms with E-state index in [-0.39, 0.29) is 17.9 Å². The smallest absolute Gasteiger partial charge is 0.248 e. The van der Waals surface area contributed by atoms with Crippen molar-refractivity contribution in [3.63, 3.8) is 0 Å². The van der Waals surface area contributed by atoms with E-state index in [1.807, 2.05) is 44.2 Å². The lowest BCUT2D eigenvalue weighted by Gasteiger charge is -2.13. The molecule has 1 heterocycles. The summed E-state index contributed by atoms with van der Waals surface area (Å²) in [5.41, 5.74) is 10.9. The molecule has 2 aromatic carbocycles. The Hall–Kier alpha value is -3.08. The molecule has 5 nitrogen and oxygen atoms in total. The minimum Gasteiger partial charge on any atom is -0.366 e. The van der Waals surface area contributed by atoms with Gasteiger partial charge in [-0.05, 0) is 40.3 Å². The molecule has 5 heteroatoms. The molecular formula is C20H19N3O2. The van der Waals surface area contributed by atoms with Gasteiger partial charge >= 0.3 is 0 Å². The Bertz CT molecular complexity index is 944. The van der Waals surface area contributed by atoms with E-state index in [0.29, 0.717) is 11.4 Å².